The van der Waals surface area contributed by atoms with Crippen LogP contribution in [0.25, 0.3) is 0 Å². The van der Waals surface area contributed by atoms with Gasteiger partial charge in [0.1, 0.15) is 28.9 Å². The van der Waals surface area contributed by atoms with Gasteiger partial charge in [0.2, 0.25) is 0 Å². The van der Waals surface area contributed by atoms with Crippen LogP contribution in [0.3, 0.4) is 0 Å². The molecule has 0 radical (unpaired) electrons. The van der Waals surface area contributed by atoms with Crippen molar-refractivity contribution in [2.75, 3.05) is 0 Å². The van der Waals surface area contributed by atoms with E-state index in [0.717, 1.165) is 22.4 Å². The van der Waals surface area contributed by atoms with E-state index >= 15 is 0 Å². The van der Waals surface area contributed by atoms with E-state index in [4.69, 9.17) is 9.47 Å². The van der Waals surface area contributed by atoms with Crippen LogP contribution in [0.15, 0.2) is 109 Å². The minimum atomic E-state index is -0.671. The van der Waals surface area contributed by atoms with Gasteiger partial charge in [-0.3, -0.25) is 0 Å². The van der Waals surface area contributed by atoms with Gasteiger partial charge in [-0.05, 0) is 89.9 Å². The molecule has 5 aromatic rings. The zero-order chi connectivity index (χ0) is 36.5. The molecule has 254 valence electrons. The summed E-state index contributed by atoms with van der Waals surface area (Å²) in [5.41, 5.74) is 7.46. The third-order valence-corrected chi connectivity index (χ3v) is 10.0. The summed E-state index contributed by atoms with van der Waals surface area (Å²) in [6, 6.07) is 41.8. The molecule has 4 heteroatoms. The third-order valence-electron chi connectivity index (χ3n) is 10.0. The Bertz CT molecular complexity index is 2080. The molecule has 0 aliphatic carbocycles. The van der Waals surface area contributed by atoms with Crippen LogP contribution in [0.2, 0.25) is 0 Å². The number of hydrogen-bond donors (Lipinski definition) is 0. The first-order chi connectivity index (χ1) is 23.5. The quantitative estimate of drug-likeness (QED) is 0.158. The lowest BCUT2D eigenvalue weighted by Crippen LogP contribution is -2.27. The van der Waals surface area contributed by atoms with E-state index in [1.165, 1.54) is 22.3 Å². The summed E-state index contributed by atoms with van der Waals surface area (Å²) in [5, 5.41) is 19.7. The van der Waals surface area contributed by atoms with Crippen LogP contribution in [0.1, 0.15) is 112 Å². The molecule has 0 aliphatic rings. The van der Waals surface area contributed by atoms with Crippen molar-refractivity contribution in [2.45, 2.75) is 91.1 Å². The number of nitriles is 2. The maximum absolute atomic E-state index is 9.94. The molecule has 50 heavy (non-hydrogen) atoms. The maximum atomic E-state index is 9.94. The van der Waals surface area contributed by atoms with E-state index in [2.05, 4.69) is 109 Å². The molecular formula is C46H48N2O2. The number of rotatable bonds is 9. The van der Waals surface area contributed by atoms with Crippen LogP contribution in [0.5, 0.6) is 17.2 Å². The Morgan fingerprint density at radius 2 is 0.980 bits per heavy atom. The molecule has 0 saturated heterocycles. The molecule has 0 spiro atoms. The van der Waals surface area contributed by atoms with Gasteiger partial charge in [0.25, 0.3) is 0 Å². The average molecular weight is 661 g/mol. The van der Waals surface area contributed by atoms with Crippen LogP contribution in [-0.2, 0) is 21.8 Å². The largest absolute Gasteiger partial charge is 0.483 e. The van der Waals surface area contributed by atoms with Gasteiger partial charge in [0, 0.05) is 16.4 Å². The number of ether oxygens (including phenoxy) is 2. The standard InChI is InChI=1S/C46H48N2O2/c1-31-14-11-18-41(38(31)29-47)46(9,10)50-37-26-22-33(23-27-37)45(7,8)35-16-12-15-34(28-35)44(5,6)32-20-24-36(25-21-32)49-42-19-13-17-40(39(42)30-48)43(2,3)4/h11-28H,1-10H3. The second-order valence-electron chi connectivity index (χ2n) is 15.7. The van der Waals surface area contributed by atoms with Crippen LogP contribution < -0.4 is 9.47 Å². The lowest BCUT2D eigenvalue weighted by Gasteiger charge is -2.31. The first-order valence-electron chi connectivity index (χ1n) is 17.2. The first-order valence-corrected chi connectivity index (χ1v) is 17.2. The van der Waals surface area contributed by atoms with Crippen molar-refractivity contribution in [3.8, 4) is 29.4 Å². The van der Waals surface area contributed by atoms with Crippen molar-refractivity contribution < 1.29 is 9.47 Å². The molecule has 4 nitrogen and oxygen atoms in total. The van der Waals surface area contributed by atoms with Crippen LogP contribution >= 0.6 is 0 Å². The number of aryl methyl sites for hydroxylation is 1. The molecule has 5 aromatic carbocycles. The smallest absolute Gasteiger partial charge is 0.145 e. The Morgan fingerprint density at radius 3 is 1.50 bits per heavy atom. The Kier molecular flexibility index (Phi) is 9.74. The van der Waals surface area contributed by atoms with Gasteiger partial charge in [0.05, 0.1) is 17.2 Å². The van der Waals surface area contributed by atoms with Gasteiger partial charge in [-0.25, -0.2) is 0 Å². The van der Waals surface area contributed by atoms with Crippen LogP contribution in [0.4, 0.5) is 0 Å². The fraction of sp³-hybridized carbons (Fsp3) is 0.304. The Balaban J connectivity index is 1.35. The van der Waals surface area contributed by atoms with Crippen molar-refractivity contribution in [3.05, 3.63) is 159 Å². The average Bonchev–Trinajstić information content (AvgIpc) is 3.08. The topological polar surface area (TPSA) is 66.0 Å². The summed E-state index contributed by atoms with van der Waals surface area (Å²) in [7, 11) is 0. The van der Waals surface area contributed by atoms with E-state index in [1.807, 2.05) is 81.4 Å². The highest BCUT2D eigenvalue weighted by molar-refractivity contribution is 5.53. The summed E-state index contributed by atoms with van der Waals surface area (Å²) < 4.78 is 12.7. The molecule has 0 fully saturated rings. The fourth-order valence-electron chi connectivity index (χ4n) is 6.66. The molecule has 5 rings (SSSR count). The first kappa shape index (κ1) is 36.0. The molecule has 0 N–H and O–H groups in total. The zero-order valence-electron chi connectivity index (χ0n) is 31.1. The van der Waals surface area contributed by atoms with E-state index in [0.29, 0.717) is 22.6 Å². The molecule has 0 heterocycles. The zero-order valence-corrected chi connectivity index (χ0v) is 31.1. The number of benzene rings is 5. The molecule has 0 amide bonds. The van der Waals surface area contributed by atoms with E-state index in [1.54, 1.807) is 0 Å². The Morgan fingerprint density at radius 1 is 0.500 bits per heavy atom. The maximum Gasteiger partial charge on any atom is 0.145 e. The van der Waals surface area contributed by atoms with E-state index in [-0.39, 0.29) is 16.2 Å². The van der Waals surface area contributed by atoms with Crippen molar-refractivity contribution in [3.63, 3.8) is 0 Å². The highest BCUT2D eigenvalue weighted by atomic mass is 16.5. The monoisotopic (exact) mass is 660 g/mol. The normalized spacial score (nSPS) is 12.2. The summed E-state index contributed by atoms with van der Waals surface area (Å²) in [6.45, 7) is 21.3. The summed E-state index contributed by atoms with van der Waals surface area (Å²) in [5.74, 6) is 2.03. The molecule has 0 aromatic heterocycles. The SMILES string of the molecule is Cc1cccc(C(C)(C)Oc2ccc(C(C)(C)c3cccc(C(C)(C)c4ccc(Oc5cccc(C(C)(C)C)c5C#N)cc4)c3)cc2)c1C#N. The molecule has 0 bridgehead atoms. The van der Waals surface area contributed by atoms with Crippen LogP contribution in [-0.4, -0.2) is 0 Å². The van der Waals surface area contributed by atoms with Gasteiger partial charge in [0.15, 0.2) is 0 Å². The molecule has 0 aliphatic heterocycles. The van der Waals surface area contributed by atoms with E-state index in [9.17, 15) is 10.5 Å². The number of hydrogen-bond acceptors (Lipinski definition) is 4. The Labute approximate surface area is 299 Å². The second kappa shape index (κ2) is 13.5. The van der Waals surface area contributed by atoms with E-state index < -0.39 is 5.60 Å². The highest BCUT2D eigenvalue weighted by Gasteiger charge is 2.30. The lowest BCUT2D eigenvalue weighted by atomic mass is 9.73. The minimum absolute atomic E-state index is 0.164. The van der Waals surface area contributed by atoms with Crippen molar-refractivity contribution in [1.82, 2.24) is 0 Å². The predicted octanol–water partition coefficient (Wildman–Crippen LogP) is 11.8. The summed E-state index contributed by atoms with van der Waals surface area (Å²) in [4.78, 5) is 0. The van der Waals surface area contributed by atoms with Gasteiger partial charge >= 0.3 is 0 Å². The lowest BCUT2D eigenvalue weighted by molar-refractivity contribution is 0.108. The van der Waals surface area contributed by atoms with Crippen molar-refractivity contribution in [2.24, 2.45) is 0 Å². The molecule has 0 atom stereocenters. The molecule has 0 saturated carbocycles. The molecular weight excluding hydrogens is 613 g/mol. The number of nitrogens with zero attached hydrogens (tertiary/aromatic N) is 2. The van der Waals surface area contributed by atoms with Crippen molar-refractivity contribution >= 4 is 0 Å². The minimum Gasteiger partial charge on any atom is -0.483 e. The van der Waals surface area contributed by atoms with Gasteiger partial charge in [-0.15, -0.1) is 0 Å². The summed E-state index contributed by atoms with van der Waals surface area (Å²) >= 11 is 0. The Hall–Kier alpha value is -5.32. The highest BCUT2D eigenvalue weighted by Crippen LogP contribution is 2.40. The van der Waals surface area contributed by atoms with Crippen LogP contribution in [0, 0.1) is 29.6 Å². The van der Waals surface area contributed by atoms with Crippen molar-refractivity contribution in [1.29, 1.82) is 10.5 Å². The predicted molar refractivity (Wildman–Crippen MR) is 203 cm³/mol. The van der Waals surface area contributed by atoms with Gasteiger partial charge in [-0.1, -0.05) is 127 Å². The summed E-state index contributed by atoms with van der Waals surface area (Å²) in [6.07, 6.45) is 0. The second-order valence-corrected chi connectivity index (χ2v) is 15.7. The molecule has 0 unspecified atom stereocenters. The van der Waals surface area contributed by atoms with Gasteiger partial charge in [-0.2, -0.15) is 10.5 Å². The fourth-order valence-corrected chi connectivity index (χ4v) is 6.66. The van der Waals surface area contributed by atoms with Gasteiger partial charge < -0.3 is 9.47 Å². The third kappa shape index (κ3) is 7.17.